The van der Waals surface area contributed by atoms with E-state index in [0.717, 1.165) is 49.4 Å². The predicted molar refractivity (Wildman–Crippen MR) is 242 cm³/mol. The molecule has 0 atom stereocenters. The largest absolute Gasteiger partial charge is 0.208 e. The van der Waals surface area contributed by atoms with Crippen molar-refractivity contribution in [2.24, 2.45) is 0 Å². The molecule has 0 N–H and O–H groups in total. The lowest BCUT2D eigenvalue weighted by atomic mass is 9.84. The molecule has 58 heavy (non-hydrogen) atoms. The van der Waals surface area contributed by atoms with Gasteiger partial charge in [-0.2, -0.15) is 0 Å². The molecule has 10 aromatic carbocycles. The molecule has 0 radical (unpaired) electrons. The summed E-state index contributed by atoms with van der Waals surface area (Å²) in [4.78, 5) is 15.9. The Bertz CT molecular complexity index is 3260. The Morgan fingerprint density at radius 1 is 0.207 bits per heavy atom. The molecule has 11 rings (SSSR count). The molecular formula is C55H35N3. The van der Waals surface area contributed by atoms with Gasteiger partial charge in [0.2, 0.25) is 0 Å². The Kier molecular flexibility index (Phi) is 8.15. The molecule has 1 heterocycles. The van der Waals surface area contributed by atoms with Gasteiger partial charge in [0, 0.05) is 16.7 Å². The highest BCUT2D eigenvalue weighted by Crippen LogP contribution is 2.46. The van der Waals surface area contributed by atoms with Crippen molar-refractivity contribution < 1.29 is 0 Å². The molecule has 270 valence electrons. The topological polar surface area (TPSA) is 38.7 Å². The van der Waals surface area contributed by atoms with Crippen molar-refractivity contribution in [1.82, 2.24) is 15.0 Å². The maximum Gasteiger partial charge on any atom is 0.165 e. The SMILES string of the molecule is c1ccc(-c2nc(-c3c(-c4ccccc4)ccc4ccccc34)nc(-c3ccc(-c4c5ccccc5c(-c5ccccc5)c5ccccc45)c4ccccc34)n2)cc1. The average Bonchev–Trinajstić information content (AvgIpc) is 3.31. The molecule has 0 bridgehead atoms. The first-order valence-corrected chi connectivity index (χ1v) is 19.7. The summed E-state index contributed by atoms with van der Waals surface area (Å²) < 4.78 is 0. The van der Waals surface area contributed by atoms with Gasteiger partial charge in [-0.1, -0.05) is 206 Å². The van der Waals surface area contributed by atoms with Crippen molar-refractivity contribution in [3.63, 3.8) is 0 Å². The van der Waals surface area contributed by atoms with Gasteiger partial charge in [-0.3, -0.25) is 0 Å². The van der Waals surface area contributed by atoms with E-state index in [1.807, 2.05) is 18.2 Å². The molecule has 0 aliphatic carbocycles. The van der Waals surface area contributed by atoms with Gasteiger partial charge in [-0.05, 0) is 82.5 Å². The van der Waals surface area contributed by atoms with Crippen molar-refractivity contribution >= 4 is 43.1 Å². The van der Waals surface area contributed by atoms with Gasteiger partial charge in [0.15, 0.2) is 17.5 Å². The van der Waals surface area contributed by atoms with Crippen LogP contribution < -0.4 is 0 Å². The number of hydrogen-bond donors (Lipinski definition) is 0. The van der Waals surface area contributed by atoms with Crippen LogP contribution in [0.1, 0.15) is 0 Å². The minimum Gasteiger partial charge on any atom is -0.208 e. The molecule has 0 aliphatic heterocycles. The Hall–Kier alpha value is -7.75. The fraction of sp³-hybridized carbons (Fsp3) is 0. The van der Waals surface area contributed by atoms with E-state index in [1.54, 1.807) is 0 Å². The maximum atomic E-state index is 5.41. The molecule has 0 saturated heterocycles. The molecular weight excluding hydrogens is 703 g/mol. The van der Waals surface area contributed by atoms with Crippen molar-refractivity contribution in [2.45, 2.75) is 0 Å². The Labute approximate surface area is 336 Å². The summed E-state index contributed by atoms with van der Waals surface area (Å²) >= 11 is 0. The van der Waals surface area contributed by atoms with Crippen LogP contribution in [-0.2, 0) is 0 Å². The quantitative estimate of drug-likeness (QED) is 0.160. The third-order valence-corrected chi connectivity index (χ3v) is 11.3. The van der Waals surface area contributed by atoms with Gasteiger partial charge >= 0.3 is 0 Å². The molecule has 3 heteroatoms. The zero-order chi connectivity index (χ0) is 38.4. The van der Waals surface area contributed by atoms with Gasteiger partial charge in [0.1, 0.15) is 0 Å². The van der Waals surface area contributed by atoms with E-state index in [1.165, 1.54) is 43.8 Å². The highest BCUT2D eigenvalue weighted by molar-refractivity contribution is 6.24. The van der Waals surface area contributed by atoms with Crippen molar-refractivity contribution in [1.29, 1.82) is 0 Å². The number of benzene rings is 10. The first kappa shape index (κ1) is 33.6. The van der Waals surface area contributed by atoms with Gasteiger partial charge in [-0.25, -0.2) is 15.0 Å². The van der Waals surface area contributed by atoms with Crippen LogP contribution in [-0.4, -0.2) is 15.0 Å². The van der Waals surface area contributed by atoms with Crippen molar-refractivity contribution in [2.75, 3.05) is 0 Å². The average molecular weight is 738 g/mol. The zero-order valence-electron chi connectivity index (χ0n) is 31.5. The highest BCUT2D eigenvalue weighted by Gasteiger charge is 2.22. The molecule has 0 fully saturated rings. The normalized spacial score (nSPS) is 11.4. The lowest BCUT2D eigenvalue weighted by Gasteiger charge is -2.19. The lowest BCUT2D eigenvalue weighted by Crippen LogP contribution is -2.02. The summed E-state index contributed by atoms with van der Waals surface area (Å²) in [5, 5.41) is 9.35. The molecule has 3 nitrogen and oxygen atoms in total. The molecule has 0 spiro atoms. The van der Waals surface area contributed by atoms with Crippen LogP contribution in [0.4, 0.5) is 0 Å². The molecule has 0 unspecified atom stereocenters. The van der Waals surface area contributed by atoms with Crippen LogP contribution in [0, 0.1) is 0 Å². The third-order valence-electron chi connectivity index (χ3n) is 11.3. The molecule has 1 aromatic heterocycles. The van der Waals surface area contributed by atoms with E-state index >= 15 is 0 Å². The van der Waals surface area contributed by atoms with Crippen LogP contribution in [0.25, 0.3) is 111 Å². The van der Waals surface area contributed by atoms with Crippen molar-refractivity contribution in [3.05, 3.63) is 212 Å². The molecule has 11 aromatic rings. The minimum atomic E-state index is 0.632. The fourth-order valence-electron chi connectivity index (χ4n) is 8.74. The number of fused-ring (bicyclic) bond motifs is 4. The molecule has 0 amide bonds. The van der Waals surface area contributed by atoms with Crippen LogP contribution in [0.3, 0.4) is 0 Å². The van der Waals surface area contributed by atoms with Crippen LogP contribution >= 0.6 is 0 Å². The predicted octanol–water partition coefficient (Wildman–Crippen LogP) is 14.5. The first-order chi connectivity index (χ1) is 28.8. The summed E-state index contributed by atoms with van der Waals surface area (Å²) in [5.41, 5.74) is 9.92. The minimum absolute atomic E-state index is 0.632. The second kappa shape index (κ2) is 14.1. The summed E-state index contributed by atoms with van der Waals surface area (Å²) in [6.45, 7) is 0. The van der Waals surface area contributed by atoms with Crippen LogP contribution in [0.5, 0.6) is 0 Å². The van der Waals surface area contributed by atoms with E-state index in [4.69, 9.17) is 15.0 Å². The lowest BCUT2D eigenvalue weighted by molar-refractivity contribution is 1.08. The zero-order valence-corrected chi connectivity index (χ0v) is 31.5. The molecule has 0 aliphatic rings. The molecule has 0 saturated carbocycles. The Morgan fingerprint density at radius 2 is 0.621 bits per heavy atom. The second-order valence-electron chi connectivity index (χ2n) is 14.7. The summed E-state index contributed by atoms with van der Waals surface area (Å²) in [6.07, 6.45) is 0. The summed E-state index contributed by atoms with van der Waals surface area (Å²) in [6, 6.07) is 75.2. The first-order valence-electron chi connectivity index (χ1n) is 19.7. The monoisotopic (exact) mass is 737 g/mol. The number of rotatable bonds is 6. The smallest absolute Gasteiger partial charge is 0.165 e. The van der Waals surface area contributed by atoms with Gasteiger partial charge in [0.25, 0.3) is 0 Å². The highest BCUT2D eigenvalue weighted by atomic mass is 15.0. The Balaban J connectivity index is 1.19. The van der Waals surface area contributed by atoms with Crippen molar-refractivity contribution in [3.8, 4) is 67.5 Å². The second-order valence-corrected chi connectivity index (χ2v) is 14.7. The van der Waals surface area contributed by atoms with E-state index < -0.39 is 0 Å². The summed E-state index contributed by atoms with van der Waals surface area (Å²) in [7, 11) is 0. The Morgan fingerprint density at radius 3 is 1.24 bits per heavy atom. The van der Waals surface area contributed by atoms with Crippen LogP contribution in [0.15, 0.2) is 212 Å². The van der Waals surface area contributed by atoms with Gasteiger partial charge < -0.3 is 0 Å². The van der Waals surface area contributed by atoms with E-state index in [2.05, 4.69) is 194 Å². The van der Waals surface area contributed by atoms with E-state index in [0.29, 0.717) is 17.5 Å². The maximum absolute atomic E-state index is 5.41. The van der Waals surface area contributed by atoms with E-state index in [-0.39, 0.29) is 0 Å². The number of hydrogen-bond acceptors (Lipinski definition) is 3. The number of nitrogens with zero attached hydrogens (tertiary/aromatic N) is 3. The van der Waals surface area contributed by atoms with Crippen LogP contribution in [0.2, 0.25) is 0 Å². The third kappa shape index (κ3) is 5.64. The van der Waals surface area contributed by atoms with Gasteiger partial charge in [-0.15, -0.1) is 0 Å². The summed E-state index contributed by atoms with van der Waals surface area (Å²) in [5.74, 6) is 1.91. The van der Waals surface area contributed by atoms with Gasteiger partial charge in [0.05, 0.1) is 0 Å². The number of aromatic nitrogens is 3. The van der Waals surface area contributed by atoms with E-state index in [9.17, 15) is 0 Å². The fourth-order valence-corrected chi connectivity index (χ4v) is 8.74. The standard InChI is InChI=1S/C55H35N3/c1-4-18-36(19-5-1)41-33-32-37-20-10-11-25-40(37)52(41)55-57-53(39-23-8-3-9-24-39)56-54(58-55)49-35-34-48(42-26-12-13-27-43(42)49)51-46-30-16-14-28-44(46)50(38-21-6-2-7-22-38)45-29-15-17-31-47(45)51/h1-35H.